The number of hydrogen-bond acceptors (Lipinski definition) is 1. The van der Waals surface area contributed by atoms with Crippen LogP contribution in [0, 0.1) is 0 Å². The van der Waals surface area contributed by atoms with Crippen LogP contribution in [0.3, 0.4) is 0 Å². The molecular formula is C11H11ClN2. The standard InChI is InChI=1S/C11H11ClN2/c1-14-6-5-11(13-14)10-4-2-3-9(7-10)8-12/h2-7H,8H2,1H3. The van der Waals surface area contributed by atoms with Crippen molar-refractivity contribution < 1.29 is 0 Å². The van der Waals surface area contributed by atoms with Crippen molar-refractivity contribution in [2.75, 3.05) is 0 Å². The number of aryl methyl sites for hydroxylation is 1. The van der Waals surface area contributed by atoms with Crippen molar-refractivity contribution in [3.8, 4) is 11.3 Å². The summed E-state index contributed by atoms with van der Waals surface area (Å²) in [4.78, 5) is 0. The molecule has 3 heteroatoms. The number of rotatable bonds is 2. The van der Waals surface area contributed by atoms with E-state index in [1.807, 2.05) is 37.5 Å². The van der Waals surface area contributed by atoms with E-state index in [1.165, 1.54) is 0 Å². The zero-order valence-electron chi connectivity index (χ0n) is 7.94. The molecule has 14 heavy (non-hydrogen) atoms. The first kappa shape index (κ1) is 9.28. The van der Waals surface area contributed by atoms with Gasteiger partial charge in [-0.15, -0.1) is 11.6 Å². The highest BCUT2D eigenvalue weighted by molar-refractivity contribution is 6.17. The molecule has 0 aliphatic carbocycles. The highest BCUT2D eigenvalue weighted by Crippen LogP contribution is 2.18. The summed E-state index contributed by atoms with van der Waals surface area (Å²) in [5.41, 5.74) is 3.22. The molecule has 0 spiro atoms. The second-order valence-electron chi connectivity index (χ2n) is 3.21. The molecule has 2 nitrogen and oxygen atoms in total. The van der Waals surface area contributed by atoms with Crippen LogP contribution in [0.5, 0.6) is 0 Å². The zero-order valence-corrected chi connectivity index (χ0v) is 8.70. The summed E-state index contributed by atoms with van der Waals surface area (Å²) >= 11 is 5.77. The van der Waals surface area contributed by atoms with Crippen LogP contribution in [0.2, 0.25) is 0 Å². The van der Waals surface area contributed by atoms with Gasteiger partial charge in [0.1, 0.15) is 0 Å². The van der Waals surface area contributed by atoms with Gasteiger partial charge in [-0.25, -0.2) is 0 Å². The molecule has 1 heterocycles. The van der Waals surface area contributed by atoms with Crippen molar-refractivity contribution in [2.45, 2.75) is 5.88 Å². The Balaban J connectivity index is 2.41. The number of aromatic nitrogens is 2. The summed E-state index contributed by atoms with van der Waals surface area (Å²) in [5, 5.41) is 4.33. The Hall–Kier alpha value is -1.28. The van der Waals surface area contributed by atoms with Crippen molar-refractivity contribution >= 4 is 11.6 Å². The number of halogens is 1. The monoisotopic (exact) mass is 206 g/mol. The summed E-state index contributed by atoms with van der Waals surface area (Å²) < 4.78 is 1.79. The minimum atomic E-state index is 0.542. The van der Waals surface area contributed by atoms with Gasteiger partial charge in [-0.2, -0.15) is 5.10 Å². The van der Waals surface area contributed by atoms with Crippen molar-refractivity contribution in [2.24, 2.45) is 7.05 Å². The minimum Gasteiger partial charge on any atom is -0.275 e. The summed E-state index contributed by atoms with van der Waals surface area (Å²) in [6.45, 7) is 0. The number of benzene rings is 1. The molecule has 0 atom stereocenters. The molecule has 2 rings (SSSR count). The maximum absolute atomic E-state index is 5.77. The van der Waals surface area contributed by atoms with E-state index in [-0.39, 0.29) is 0 Å². The lowest BCUT2D eigenvalue weighted by atomic mass is 10.1. The number of nitrogens with zero attached hydrogens (tertiary/aromatic N) is 2. The molecule has 1 aromatic heterocycles. The highest BCUT2D eigenvalue weighted by atomic mass is 35.5. The minimum absolute atomic E-state index is 0.542. The molecule has 0 saturated heterocycles. The van der Waals surface area contributed by atoms with Crippen molar-refractivity contribution in [1.82, 2.24) is 9.78 Å². The lowest BCUT2D eigenvalue weighted by Gasteiger charge is -1.99. The normalized spacial score (nSPS) is 10.4. The maximum Gasteiger partial charge on any atom is 0.0923 e. The van der Waals surface area contributed by atoms with Gasteiger partial charge in [-0.05, 0) is 17.7 Å². The fraction of sp³-hybridized carbons (Fsp3) is 0.182. The van der Waals surface area contributed by atoms with Crippen LogP contribution in [0.15, 0.2) is 36.5 Å². The molecule has 0 saturated carbocycles. The molecule has 0 radical (unpaired) electrons. The average molecular weight is 207 g/mol. The third-order valence-corrected chi connectivity index (χ3v) is 2.40. The van der Waals surface area contributed by atoms with Gasteiger partial charge < -0.3 is 0 Å². The van der Waals surface area contributed by atoms with Crippen LogP contribution >= 0.6 is 11.6 Å². The van der Waals surface area contributed by atoms with Gasteiger partial charge in [0, 0.05) is 24.7 Å². The lowest BCUT2D eigenvalue weighted by Crippen LogP contribution is -1.88. The van der Waals surface area contributed by atoms with Crippen LogP contribution in [0.25, 0.3) is 11.3 Å². The molecule has 0 aliphatic rings. The largest absolute Gasteiger partial charge is 0.275 e. The molecule has 0 unspecified atom stereocenters. The van der Waals surface area contributed by atoms with Crippen molar-refractivity contribution in [3.05, 3.63) is 42.1 Å². The Morgan fingerprint density at radius 3 is 2.86 bits per heavy atom. The summed E-state index contributed by atoms with van der Waals surface area (Å²) in [6.07, 6.45) is 1.93. The molecule has 0 N–H and O–H groups in total. The van der Waals surface area contributed by atoms with E-state index in [2.05, 4.69) is 11.2 Å². The fourth-order valence-electron chi connectivity index (χ4n) is 1.38. The molecule has 1 aromatic carbocycles. The van der Waals surface area contributed by atoms with Crippen molar-refractivity contribution in [3.63, 3.8) is 0 Å². The average Bonchev–Trinajstić information content (AvgIpc) is 2.65. The van der Waals surface area contributed by atoms with E-state index in [9.17, 15) is 0 Å². The number of alkyl halides is 1. The topological polar surface area (TPSA) is 17.8 Å². The molecule has 0 bridgehead atoms. The molecule has 0 amide bonds. The van der Waals surface area contributed by atoms with Gasteiger partial charge in [-0.1, -0.05) is 18.2 Å². The Morgan fingerprint density at radius 1 is 1.36 bits per heavy atom. The Kier molecular flexibility index (Phi) is 2.55. The first-order chi connectivity index (χ1) is 6.79. The van der Waals surface area contributed by atoms with E-state index in [0.717, 1.165) is 16.8 Å². The second-order valence-corrected chi connectivity index (χ2v) is 3.48. The van der Waals surface area contributed by atoms with Gasteiger partial charge in [0.05, 0.1) is 5.69 Å². The first-order valence-corrected chi connectivity index (χ1v) is 4.98. The van der Waals surface area contributed by atoms with Gasteiger partial charge in [0.15, 0.2) is 0 Å². The van der Waals surface area contributed by atoms with Gasteiger partial charge in [0.25, 0.3) is 0 Å². The fourth-order valence-corrected chi connectivity index (χ4v) is 1.55. The smallest absolute Gasteiger partial charge is 0.0923 e. The number of hydrogen-bond donors (Lipinski definition) is 0. The van der Waals surface area contributed by atoms with Gasteiger partial charge in [0.2, 0.25) is 0 Å². The molecule has 72 valence electrons. The van der Waals surface area contributed by atoms with Crippen LogP contribution in [0.4, 0.5) is 0 Å². The second kappa shape index (κ2) is 3.84. The first-order valence-electron chi connectivity index (χ1n) is 4.44. The third kappa shape index (κ3) is 1.80. The summed E-state index contributed by atoms with van der Waals surface area (Å²) in [7, 11) is 1.91. The van der Waals surface area contributed by atoms with E-state index in [1.54, 1.807) is 4.68 Å². The van der Waals surface area contributed by atoms with Crippen LogP contribution in [0.1, 0.15) is 5.56 Å². The quantitative estimate of drug-likeness (QED) is 0.691. The predicted molar refractivity (Wildman–Crippen MR) is 58.2 cm³/mol. The van der Waals surface area contributed by atoms with E-state index >= 15 is 0 Å². The third-order valence-electron chi connectivity index (χ3n) is 2.09. The molecule has 0 aliphatic heterocycles. The van der Waals surface area contributed by atoms with Gasteiger partial charge in [-0.3, -0.25) is 4.68 Å². The predicted octanol–water partition coefficient (Wildman–Crippen LogP) is 2.83. The van der Waals surface area contributed by atoms with Crippen molar-refractivity contribution in [1.29, 1.82) is 0 Å². The lowest BCUT2D eigenvalue weighted by molar-refractivity contribution is 0.771. The van der Waals surface area contributed by atoms with Gasteiger partial charge >= 0.3 is 0 Å². The Labute approximate surface area is 88.1 Å². The van der Waals surface area contributed by atoms with E-state index < -0.39 is 0 Å². The van der Waals surface area contributed by atoms with Crippen LogP contribution in [-0.4, -0.2) is 9.78 Å². The van der Waals surface area contributed by atoms with E-state index in [4.69, 9.17) is 11.6 Å². The molecule has 0 fully saturated rings. The summed E-state index contributed by atoms with van der Waals surface area (Å²) in [6, 6.07) is 10.1. The molecule has 2 aromatic rings. The highest BCUT2D eigenvalue weighted by Gasteiger charge is 2.01. The maximum atomic E-state index is 5.77. The zero-order chi connectivity index (χ0) is 9.97. The van der Waals surface area contributed by atoms with Crippen LogP contribution < -0.4 is 0 Å². The van der Waals surface area contributed by atoms with Crippen LogP contribution in [-0.2, 0) is 12.9 Å². The Bertz CT molecular complexity index is 434. The van der Waals surface area contributed by atoms with E-state index in [0.29, 0.717) is 5.88 Å². The summed E-state index contributed by atoms with van der Waals surface area (Å²) in [5.74, 6) is 0.542. The molecular weight excluding hydrogens is 196 g/mol. The Morgan fingerprint density at radius 2 is 2.21 bits per heavy atom. The SMILES string of the molecule is Cn1ccc(-c2cccc(CCl)c2)n1.